The molecule has 1 saturated carbocycles. The Labute approximate surface area is 135 Å². The fourth-order valence-corrected chi connectivity index (χ4v) is 4.27. The predicted octanol–water partition coefficient (Wildman–Crippen LogP) is 1.51. The predicted molar refractivity (Wildman–Crippen MR) is 78.5 cm³/mol. The molecule has 0 aromatic rings. The first-order valence-corrected chi connectivity index (χ1v) is 8.16. The van der Waals surface area contributed by atoms with Crippen LogP contribution in [-0.2, 0) is 28.5 Å². The minimum Gasteiger partial charge on any atom is -0.462 e. The molecule has 0 amide bonds. The Morgan fingerprint density at radius 2 is 2.04 bits per heavy atom. The van der Waals surface area contributed by atoms with E-state index in [2.05, 4.69) is 6.58 Å². The fraction of sp³-hybridized carbons (Fsp3) is 0.765. The van der Waals surface area contributed by atoms with Gasteiger partial charge < -0.3 is 18.9 Å². The van der Waals surface area contributed by atoms with Gasteiger partial charge in [0.05, 0.1) is 23.2 Å². The fourth-order valence-electron chi connectivity index (χ4n) is 4.27. The molecule has 0 unspecified atom stereocenters. The van der Waals surface area contributed by atoms with Crippen LogP contribution < -0.4 is 0 Å². The van der Waals surface area contributed by atoms with Gasteiger partial charge in [-0.1, -0.05) is 6.58 Å². The molecule has 3 aliphatic heterocycles. The lowest BCUT2D eigenvalue weighted by Gasteiger charge is -2.28. The van der Waals surface area contributed by atoms with E-state index < -0.39 is 18.2 Å². The molecular weight excluding hydrogens is 300 g/mol. The van der Waals surface area contributed by atoms with Crippen LogP contribution in [0.25, 0.3) is 0 Å². The smallest absolute Gasteiger partial charge is 0.334 e. The summed E-state index contributed by atoms with van der Waals surface area (Å²) in [5.41, 5.74) is -0.270. The SMILES string of the molecule is C=C1C(=O)O[C@H]2[C@H]1[C@H](OC(C)=O)C[C@@]1(C)O[C@@H]1CC[C@@]1(C)O[C@@H]21. The highest BCUT2D eigenvalue weighted by Crippen LogP contribution is 2.54. The maximum Gasteiger partial charge on any atom is 0.334 e. The normalized spacial score (nSPS) is 51.0. The van der Waals surface area contributed by atoms with Gasteiger partial charge in [-0.15, -0.1) is 0 Å². The molecular formula is C17H22O6. The molecule has 3 saturated heterocycles. The molecule has 0 bridgehead atoms. The zero-order chi connectivity index (χ0) is 16.6. The molecule has 6 nitrogen and oxygen atoms in total. The molecule has 0 N–H and O–H groups in total. The van der Waals surface area contributed by atoms with Gasteiger partial charge in [-0.3, -0.25) is 4.79 Å². The Kier molecular flexibility index (Phi) is 3.01. The first kappa shape index (κ1) is 15.1. The summed E-state index contributed by atoms with van der Waals surface area (Å²) in [6.45, 7) is 9.31. The Bertz CT molecular complexity index is 600. The third-order valence-electron chi connectivity index (χ3n) is 5.76. The van der Waals surface area contributed by atoms with Crippen molar-refractivity contribution in [2.24, 2.45) is 5.92 Å². The summed E-state index contributed by atoms with van der Waals surface area (Å²) >= 11 is 0. The molecule has 0 aromatic carbocycles. The highest BCUT2D eigenvalue weighted by molar-refractivity contribution is 5.91. The van der Waals surface area contributed by atoms with Crippen molar-refractivity contribution in [3.63, 3.8) is 0 Å². The van der Waals surface area contributed by atoms with Crippen molar-refractivity contribution in [1.29, 1.82) is 0 Å². The number of carbonyl (C=O) groups excluding carboxylic acids is 2. The van der Waals surface area contributed by atoms with Crippen molar-refractivity contribution in [3.8, 4) is 0 Å². The molecule has 6 heteroatoms. The number of rotatable bonds is 1. The highest BCUT2D eigenvalue weighted by Gasteiger charge is 2.66. The maximum atomic E-state index is 12.1. The lowest BCUT2D eigenvalue weighted by atomic mass is 9.79. The van der Waals surface area contributed by atoms with Crippen molar-refractivity contribution < 1.29 is 28.5 Å². The van der Waals surface area contributed by atoms with Crippen molar-refractivity contribution >= 4 is 11.9 Å². The van der Waals surface area contributed by atoms with Gasteiger partial charge in [-0.25, -0.2) is 4.79 Å². The van der Waals surface area contributed by atoms with Crippen LogP contribution in [0.4, 0.5) is 0 Å². The standard InChI is InChI=1S/C17H22O6/c1-8-12-10(20-9(2)18)7-17(4)11(22-17)5-6-16(3)14(23-16)13(12)21-15(8)19/h10-14H,1,5-7H2,2-4H3/t10-,11-,12-,13+,14+,16-,17-/m1/s1. The first-order valence-electron chi connectivity index (χ1n) is 8.16. The molecule has 23 heavy (non-hydrogen) atoms. The van der Waals surface area contributed by atoms with Crippen molar-refractivity contribution in [3.05, 3.63) is 12.2 Å². The van der Waals surface area contributed by atoms with E-state index in [-0.39, 0.29) is 35.3 Å². The average Bonchev–Trinajstić information content (AvgIpc) is 3.27. The minimum atomic E-state index is -0.488. The van der Waals surface area contributed by atoms with Crippen LogP contribution in [-0.4, -0.2) is 47.6 Å². The largest absolute Gasteiger partial charge is 0.462 e. The number of fused-ring (bicyclic) bond motifs is 4. The quantitative estimate of drug-likeness (QED) is 0.414. The Hall–Kier alpha value is -1.40. The van der Waals surface area contributed by atoms with E-state index in [0.717, 1.165) is 12.8 Å². The summed E-state index contributed by atoms with van der Waals surface area (Å²) in [6.07, 6.45) is 1.34. The van der Waals surface area contributed by atoms with Crippen LogP contribution in [0.2, 0.25) is 0 Å². The molecule has 126 valence electrons. The minimum absolute atomic E-state index is 0.144. The van der Waals surface area contributed by atoms with Gasteiger partial charge in [0.2, 0.25) is 0 Å². The number of epoxide rings is 2. The van der Waals surface area contributed by atoms with Crippen molar-refractivity contribution in [2.45, 2.75) is 75.7 Å². The number of esters is 2. The summed E-state index contributed by atoms with van der Waals surface area (Å²) in [6, 6.07) is 0. The third kappa shape index (κ3) is 2.31. The zero-order valence-electron chi connectivity index (χ0n) is 13.7. The topological polar surface area (TPSA) is 77.7 Å². The maximum absolute atomic E-state index is 12.1. The molecule has 4 aliphatic rings. The van der Waals surface area contributed by atoms with Crippen LogP contribution >= 0.6 is 0 Å². The molecule has 7 atom stereocenters. The van der Waals surface area contributed by atoms with Crippen molar-refractivity contribution in [1.82, 2.24) is 0 Å². The van der Waals surface area contributed by atoms with Gasteiger partial charge in [0.15, 0.2) is 0 Å². The van der Waals surface area contributed by atoms with Crippen LogP contribution in [0.1, 0.15) is 40.0 Å². The molecule has 0 spiro atoms. The van der Waals surface area contributed by atoms with Gasteiger partial charge in [-0.2, -0.15) is 0 Å². The summed E-state index contributed by atoms with van der Waals surface area (Å²) < 4.78 is 22.8. The van der Waals surface area contributed by atoms with E-state index >= 15 is 0 Å². The lowest BCUT2D eigenvalue weighted by molar-refractivity contribution is -0.151. The number of hydrogen-bond donors (Lipinski definition) is 0. The van der Waals surface area contributed by atoms with E-state index in [1.165, 1.54) is 6.92 Å². The number of hydrogen-bond acceptors (Lipinski definition) is 6. The number of ether oxygens (including phenoxy) is 4. The Balaban J connectivity index is 1.69. The molecule has 0 radical (unpaired) electrons. The van der Waals surface area contributed by atoms with Crippen molar-refractivity contribution in [2.75, 3.05) is 0 Å². The molecule has 4 rings (SSSR count). The first-order chi connectivity index (χ1) is 10.7. The summed E-state index contributed by atoms with van der Waals surface area (Å²) in [5.74, 6) is -1.18. The van der Waals surface area contributed by atoms with Gasteiger partial charge in [0.25, 0.3) is 0 Å². The summed E-state index contributed by atoms with van der Waals surface area (Å²) in [5, 5.41) is 0. The van der Waals surface area contributed by atoms with Gasteiger partial charge in [-0.05, 0) is 26.7 Å². The third-order valence-corrected chi connectivity index (χ3v) is 5.76. The monoisotopic (exact) mass is 322 g/mol. The summed E-state index contributed by atoms with van der Waals surface area (Å²) in [7, 11) is 0. The van der Waals surface area contributed by atoms with Crippen LogP contribution in [0.5, 0.6) is 0 Å². The van der Waals surface area contributed by atoms with E-state index in [0.29, 0.717) is 12.0 Å². The van der Waals surface area contributed by atoms with E-state index in [1.807, 2.05) is 13.8 Å². The second-order valence-corrected chi connectivity index (χ2v) is 7.58. The molecule has 1 aliphatic carbocycles. The number of carbonyl (C=O) groups is 2. The van der Waals surface area contributed by atoms with Gasteiger partial charge in [0, 0.05) is 18.9 Å². The average molecular weight is 322 g/mol. The van der Waals surface area contributed by atoms with Gasteiger partial charge >= 0.3 is 11.9 Å². The van der Waals surface area contributed by atoms with Gasteiger partial charge in [0.1, 0.15) is 18.3 Å². The highest BCUT2D eigenvalue weighted by atomic mass is 16.7. The lowest BCUT2D eigenvalue weighted by Crippen LogP contribution is -2.40. The van der Waals surface area contributed by atoms with Crippen LogP contribution in [0.15, 0.2) is 12.2 Å². The zero-order valence-corrected chi connectivity index (χ0v) is 13.7. The Morgan fingerprint density at radius 3 is 2.74 bits per heavy atom. The summed E-state index contributed by atoms with van der Waals surface area (Å²) in [4.78, 5) is 23.6. The Morgan fingerprint density at radius 1 is 1.30 bits per heavy atom. The van der Waals surface area contributed by atoms with E-state index in [1.54, 1.807) is 0 Å². The van der Waals surface area contributed by atoms with Crippen LogP contribution in [0, 0.1) is 5.92 Å². The van der Waals surface area contributed by atoms with Crippen LogP contribution in [0.3, 0.4) is 0 Å². The molecule has 4 fully saturated rings. The second kappa shape index (κ2) is 4.57. The molecule has 3 heterocycles. The molecule has 0 aromatic heterocycles. The van der Waals surface area contributed by atoms with E-state index in [4.69, 9.17) is 18.9 Å². The second-order valence-electron chi connectivity index (χ2n) is 7.58. The van der Waals surface area contributed by atoms with E-state index in [9.17, 15) is 9.59 Å².